The van der Waals surface area contributed by atoms with Crippen molar-refractivity contribution in [3.8, 4) is 0 Å². The second-order valence-electron chi connectivity index (χ2n) is 7.69. The molecule has 28 heavy (non-hydrogen) atoms. The Bertz CT molecular complexity index is 849. The van der Waals surface area contributed by atoms with Crippen LogP contribution in [0.25, 0.3) is 0 Å². The Balaban J connectivity index is 1.71. The summed E-state index contributed by atoms with van der Waals surface area (Å²) in [6.45, 7) is 5.04. The van der Waals surface area contributed by atoms with Crippen LogP contribution in [0.15, 0.2) is 24.4 Å². The molecule has 2 aromatic rings. The van der Waals surface area contributed by atoms with Crippen LogP contribution in [0.4, 0.5) is 13.2 Å². The molecule has 0 bridgehead atoms. The number of aryl methyl sites for hydroxylation is 1. The van der Waals surface area contributed by atoms with Crippen molar-refractivity contribution in [2.24, 2.45) is 11.7 Å². The molecule has 152 valence electrons. The van der Waals surface area contributed by atoms with Crippen molar-refractivity contribution >= 4 is 5.91 Å². The molecule has 3 rings (SSSR count). The van der Waals surface area contributed by atoms with Crippen molar-refractivity contribution < 1.29 is 18.0 Å². The number of carbonyl (C=O) groups excluding carboxylic acids is 1. The zero-order valence-corrected chi connectivity index (χ0v) is 16.2. The van der Waals surface area contributed by atoms with Crippen molar-refractivity contribution in [1.82, 2.24) is 9.78 Å². The summed E-state index contributed by atoms with van der Waals surface area (Å²) in [5.74, 6) is -0.263. The molecule has 0 aliphatic heterocycles. The van der Waals surface area contributed by atoms with Gasteiger partial charge in [-0.1, -0.05) is 13.0 Å². The maximum absolute atomic E-state index is 13.0. The summed E-state index contributed by atoms with van der Waals surface area (Å²) in [5, 5.41) is 4.48. The van der Waals surface area contributed by atoms with Crippen molar-refractivity contribution in [3.05, 3.63) is 52.3 Å². The van der Waals surface area contributed by atoms with E-state index >= 15 is 0 Å². The van der Waals surface area contributed by atoms with E-state index in [-0.39, 0.29) is 11.5 Å². The molecule has 7 heteroatoms. The third-order valence-corrected chi connectivity index (χ3v) is 5.86. The Hall–Kier alpha value is -2.31. The van der Waals surface area contributed by atoms with Crippen LogP contribution in [-0.2, 0) is 19.1 Å². The van der Waals surface area contributed by atoms with E-state index in [0.717, 1.165) is 50.8 Å². The Morgan fingerprint density at radius 1 is 1.25 bits per heavy atom. The number of aromatic nitrogens is 2. The largest absolute Gasteiger partial charge is 0.416 e. The van der Waals surface area contributed by atoms with Gasteiger partial charge in [0.2, 0.25) is 5.91 Å². The van der Waals surface area contributed by atoms with E-state index < -0.39 is 17.6 Å². The molecule has 0 saturated heterocycles. The average molecular weight is 393 g/mol. The first-order valence-corrected chi connectivity index (χ1v) is 9.73. The molecular weight excluding hydrogens is 367 g/mol. The van der Waals surface area contributed by atoms with Crippen LogP contribution in [0.3, 0.4) is 0 Å². The van der Waals surface area contributed by atoms with Crippen LogP contribution in [-0.4, -0.2) is 15.7 Å². The first-order valence-electron chi connectivity index (χ1n) is 9.73. The summed E-state index contributed by atoms with van der Waals surface area (Å²) in [6, 6.07) is 3.37. The van der Waals surface area contributed by atoms with Crippen LogP contribution in [0, 0.1) is 12.8 Å². The van der Waals surface area contributed by atoms with E-state index in [1.165, 1.54) is 17.3 Å². The molecule has 1 fully saturated rings. The number of nitrogens with two attached hydrogens (primary N) is 1. The van der Waals surface area contributed by atoms with E-state index in [4.69, 9.17) is 5.73 Å². The smallest absolute Gasteiger partial charge is 0.366 e. The van der Waals surface area contributed by atoms with Crippen LogP contribution in [0.1, 0.15) is 71.3 Å². The number of hydrogen-bond acceptors (Lipinski definition) is 2. The first-order chi connectivity index (χ1) is 13.2. The van der Waals surface area contributed by atoms with E-state index in [0.29, 0.717) is 11.5 Å². The van der Waals surface area contributed by atoms with Crippen molar-refractivity contribution in [1.29, 1.82) is 0 Å². The minimum atomic E-state index is -4.49. The lowest BCUT2D eigenvalue weighted by Crippen LogP contribution is -2.22. The number of halogens is 3. The number of primary amides is 1. The van der Waals surface area contributed by atoms with E-state index in [1.54, 1.807) is 0 Å². The van der Waals surface area contributed by atoms with Gasteiger partial charge in [-0.15, -0.1) is 0 Å². The molecule has 1 amide bonds. The van der Waals surface area contributed by atoms with Gasteiger partial charge in [0.15, 0.2) is 0 Å². The highest BCUT2D eigenvalue weighted by Gasteiger charge is 2.33. The standard InChI is InChI=1S/C21H26F3N3O/c1-3-19-13(2)11-26-27(19)12-14-4-6-15(7-5-14)17-9-8-16(21(22,23)24)10-18(17)20(25)28/h8-11,14-15H,3-7,12H2,1-2H3,(H2,25,28)/t14-,15-. The minimum Gasteiger partial charge on any atom is -0.366 e. The topological polar surface area (TPSA) is 60.9 Å². The fourth-order valence-corrected chi connectivity index (χ4v) is 4.33. The van der Waals surface area contributed by atoms with Gasteiger partial charge in [-0.2, -0.15) is 18.3 Å². The van der Waals surface area contributed by atoms with Gasteiger partial charge < -0.3 is 5.73 Å². The number of rotatable bonds is 5. The quantitative estimate of drug-likeness (QED) is 0.790. The molecule has 0 unspecified atom stereocenters. The second kappa shape index (κ2) is 7.97. The second-order valence-corrected chi connectivity index (χ2v) is 7.69. The average Bonchev–Trinajstić information content (AvgIpc) is 3.00. The lowest BCUT2D eigenvalue weighted by atomic mass is 9.77. The molecule has 1 saturated carbocycles. The third kappa shape index (κ3) is 4.23. The molecular formula is C21H26F3N3O. The number of benzene rings is 1. The summed E-state index contributed by atoms with van der Waals surface area (Å²) < 4.78 is 41.0. The van der Waals surface area contributed by atoms with Crippen molar-refractivity contribution in [2.45, 2.75) is 64.6 Å². The van der Waals surface area contributed by atoms with Gasteiger partial charge in [-0.3, -0.25) is 9.48 Å². The van der Waals surface area contributed by atoms with Crippen LogP contribution in [0.2, 0.25) is 0 Å². The Morgan fingerprint density at radius 3 is 2.50 bits per heavy atom. The van der Waals surface area contributed by atoms with Crippen LogP contribution < -0.4 is 5.73 Å². The molecule has 0 atom stereocenters. The highest BCUT2D eigenvalue weighted by Crippen LogP contribution is 2.39. The molecule has 2 N–H and O–H groups in total. The van der Waals surface area contributed by atoms with Gasteiger partial charge in [0.05, 0.1) is 11.8 Å². The van der Waals surface area contributed by atoms with Gasteiger partial charge in [0.25, 0.3) is 0 Å². The Labute approximate surface area is 162 Å². The molecule has 1 aliphatic rings. The zero-order valence-electron chi connectivity index (χ0n) is 16.2. The van der Waals surface area contributed by atoms with Crippen LogP contribution in [0.5, 0.6) is 0 Å². The number of amides is 1. The lowest BCUT2D eigenvalue weighted by Gasteiger charge is -2.30. The van der Waals surface area contributed by atoms with Gasteiger partial charge in [-0.25, -0.2) is 0 Å². The van der Waals surface area contributed by atoms with Gasteiger partial charge in [-0.05, 0) is 74.1 Å². The normalized spacial score (nSPS) is 20.3. The maximum Gasteiger partial charge on any atom is 0.416 e. The molecule has 4 nitrogen and oxygen atoms in total. The zero-order chi connectivity index (χ0) is 20.5. The van der Waals surface area contributed by atoms with Crippen molar-refractivity contribution in [3.63, 3.8) is 0 Å². The Morgan fingerprint density at radius 2 is 1.93 bits per heavy atom. The number of alkyl halides is 3. The number of carbonyl (C=O) groups is 1. The number of hydrogen-bond donors (Lipinski definition) is 1. The summed E-state index contributed by atoms with van der Waals surface area (Å²) >= 11 is 0. The minimum absolute atomic E-state index is 0.00533. The molecule has 1 heterocycles. The molecule has 0 spiro atoms. The summed E-state index contributed by atoms with van der Waals surface area (Å²) in [4.78, 5) is 11.8. The fourth-order valence-electron chi connectivity index (χ4n) is 4.33. The highest BCUT2D eigenvalue weighted by molar-refractivity contribution is 5.94. The lowest BCUT2D eigenvalue weighted by molar-refractivity contribution is -0.137. The van der Waals surface area contributed by atoms with E-state index in [9.17, 15) is 18.0 Å². The van der Waals surface area contributed by atoms with Gasteiger partial charge in [0.1, 0.15) is 0 Å². The Kier molecular flexibility index (Phi) is 5.82. The predicted octanol–water partition coefficient (Wildman–Crippen LogP) is 4.85. The van der Waals surface area contributed by atoms with Crippen LogP contribution >= 0.6 is 0 Å². The molecule has 1 aromatic heterocycles. The molecule has 1 aromatic carbocycles. The summed E-state index contributed by atoms with van der Waals surface area (Å²) in [5.41, 5.74) is 7.63. The van der Waals surface area contributed by atoms with E-state index in [2.05, 4.69) is 23.6 Å². The monoisotopic (exact) mass is 393 g/mol. The molecule has 1 aliphatic carbocycles. The molecule has 0 radical (unpaired) electrons. The van der Waals surface area contributed by atoms with Gasteiger partial charge in [0, 0.05) is 17.8 Å². The maximum atomic E-state index is 13.0. The van der Waals surface area contributed by atoms with Crippen molar-refractivity contribution in [2.75, 3.05) is 0 Å². The van der Waals surface area contributed by atoms with Gasteiger partial charge >= 0.3 is 6.18 Å². The fraction of sp³-hybridized carbons (Fsp3) is 0.524. The number of nitrogens with zero attached hydrogens (tertiary/aromatic N) is 2. The SMILES string of the molecule is CCc1c(C)cnn1C[C@H]1CC[C@H](c2ccc(C(F)(F)F)cc2C(N)=O)CC1. The summed E-state index contributed by atoms with van der Waals surface area (Å²) in [7, 11) is 0. The highest BCUT2D eigenvalue weighted by atomic mass is 19.4. The van der Waals surface area contributed by atoms with E-state index in [1.807, 2.05) is 6.20 Å². The first kappa shape index (κ1) is 20.4. The summed E-state index contributed by atoms with van der Waals surface area (Å²) in [6.07, 6.45) is 1.91. The predicted molar refractivity (Wildman–Crippen MR) is 101 cm³/mol. The third-order valence-electron chi connectivity index (χ3n) is 5.86.